The summed E-state index contributed by atoms with van der Waals surface area (Å²) in [4.78, 5) is 24.3. The molecule has 98 valence electrons. The van der Waals surface area contributed by atoms with Crippen molar-refractivity contribution in [1.82, 2.24) is 15.0 Å². The smallest absolute Gasteiger partial charge is 0.311 e. The zero-order chi connectivity index (χ0) is 13.7. The van der Waals surface area contributed by atoms with Gasteiger partial charge in [-0.1, -0.05) is 6.07 Å². The molecule has 2 aromatic rings. The highest BCUT2D eigenvalue weighted by Gasteiger charge is 2.08. The highest BCUT2D eigenvalue weighted by atomic mass is 16.5. The summed E-state index contributed by atoms with van der Waals surface area (Å²) in [5.41, 5.74) is 2.23. The molecule has 0 bridgehead atoms. The number of carbonyl (C=O) groups is 1. The summed E-state index contributed by atoms with van der Waals surface area (Å²) in [7, 11) is 0. The van der Waals surface area contributed by atoms with Gasteiger partial charge in [-0.2, -0.15) is 0 Å². The van der Waals surface area contributed by atoms with Crippen molar-refractivity contribution < 1.29 is 9.53 Å². The Bertz CT molecular complexity index is 584. The molecule has 0 N–H and O–H groups in total. The Morgan fingerprint density at radius 1 is 1.26 bits per heavy atom. The maximum absolute atomic E-state index is 11.4. The molecule has 5 nitrogen and oxygen atoms in total. The van der Waals surface area contributed by atoms with Crippen molar-refractivity contribution in [1.29, 1.82) is 0 Å². The minimum Gasteiger partial charge on any atom is -0.466 e. The largest absolute Gasteiger partial charge is 0.466 e. The Morgan fingerprint density at radius 2 is 2.11 bits per heavy atom. The van der Waals surface area contributed by atoms with Crippen LogP contribution >= 0.6 is 0 Å². The lowest BCUT2D eigenvalue weighted by Gasteiger charge is -2.04. The second-order valence-corrected chi connectivity index (χ2v) is 4.02. The monoisotopic (exact) mass is 257 g/mol. The number of esters is 1. The summed E-state index contributed by atoms with van der Waals surface area (Å²) < 4.78 is 4.90. The second kappa shape index (κ2) is 6.04. The average molecular weight is 257 g/mol. The van der Waals surface area contributed by atoms with Gasteiger partial charge in [0.25, 0.3) is 0 Å². The van der Waals surface area contributed by atoms with E-state index in [2.05, 4.69) is 15.0 Å². The lowest BCUT2D eigenvalue weighted by molar-refractivity contribution is -0.142. The van der Waals surface area contributed by atoms with Crippen molar-refractivity contribution in [2.75, 3.05) is 6.61 Å². The summed E-state index contributed by atoms with van der Waals surface area (Å²) in [5, 5.41) is 0. The molecule has 0 amide bonds. The van der Waals surface area contributed by atoms with Crippen LogP contribution in [0.3, 0.4) is 0 Å². The molecule has 0 saturated heterocycles. The van der Waals surface area contributed by atoms with Crippen LogP contribution in [0.15, 0.2) is 30.5 Å². The first kappa shape index (κ1) is 13.1. The van der Waals surface area contributed by atoms with Gasteiger partial charge in [0.15, 0.2) is 5.82 Å². The normalized spacial score (nSPS) is 10.2. The fourth-order valence-corrected chi connectivity index (χ4v) is 1.65. The summed E-state index contributed by atoms with van der Waals surface area (Å²) in [6, 6.07) is 7.36. The van der Waals surface area contributed by atoms with Crippen molar-refractivity contribution >= 4 is 5.97 Å². The zero-order valence-corrected chi connectivity index (χ0v) is 11.0. The quantitative estimate of drug-likeness (QED) is 0.783. The van der Waals surface area contributed by atoms with Crippen LogP contribution < -0.4 is 0 Å². The number of ether oxygens (including phenoxy) is 1. The van der Waals surface area contributed by atoms with E-state index in [0.717, 1.165) is 5.69 Å². The minimum absolute atomic E-state index is 0.148. The maximum atomic E-state index is 11.4. The number of carbonyl (C=O) groups excluding carboxylic acids is 1. The SMILES string of the molecule is CCOC(=O)Cc1ccnc(-c2cccc(C)n2)n1. The fraction of sp³-hybridized carbons (Fsp3) is 0.286. The molecule has 2 aromatic heterocycles. The van der Waals surface area contributed by atoms with Crippen LogP contribution in [0.5, 0.6) is 0 Å². The van der Waals surface area contributed by atoms with Crippen LogP contribution in [0, 0.1) is 6.92 Å². The van der Waals surface area contributed by atoms with E-state index < -0.39 is 0 Å². The van der Waals surface area contributed by atoms with Crippen LogP contribution in [0.1, 0.15) is 18.3 Å². The van der Waals surface area contributed by atoms with Crippen LogP contribution in [0.2, 0.25) is 0 Å². The van der Waals surface area contributed by atoms with Gasteiger partial charge >= 0.3 is 5.97 Å². The van der Waals surface area contributed by atoms with E-state index >= 15 is 0 Å². The Kier molecular flexibility index (Phi) is 4.18. The molecule has 0 radical (unpaired) electrons. The number of aromatic nitrogens is 3. The summed E-state index contributed by atoms with van der Waals surface area (Å²) in [5.74, 6) is 0.231. The van der Waals surface area contributed by atoms with E-state index in [0.29, 0.717) is 23.8 Å². The van der Waals surface area contributed by atoms with E-state index in [9.17, 15) is 4.79 Å². The molecule has 0 spiro atoms. The molecule has 2 heterocycles. The number of hydrogen-bond donors (Lipinski definition) is 0. The molecule has 5 heteroatoms. The second-order valence-electron chi connectivity index (χ2n) is 4.02. The van der Waals surface area contributed by atoms with Gasteiger partial charge in [-0.25, -0.2) is 15.0 Å². The van der Waals surface area contributed by atoms with E-state index in [1.807, 2.05) is 25.1 Å². The topological polar surface area (TPSA) is 65.0 Å². The van der Waals surface area contributed by atoms with Gasteiger partial charge in [0.05, 0.1) is 18.7 Å². The van der Waals surface area contributed by atoms with E-state index in [4.69, 9.17) is 4.74 Å². The molecule has 0 aliphatic heterocycles. The van der Waals surface area contributed by atoms with Crippen LogP contribution in [0.4, 0.5) is 0 Å². The molecule has 0 saturated carbocycles. The Morgan fingerprint density at radius 3 is 2.84 bits per heavy atom. The van der Waals surface area contributed by atoms with Crippen molar-refractivity contribution in [3.63, 3.8) is 0 Å². The third-order valence-electron chi connectivity index (χ3n) is 2.46. The van der Waals surface area contributed by atoms with Crippen LogP contribution in [-0.2, 0) is 16.0 Å². The molecular formula is C14H15N3O2. The lowest BCUT2D eigenvalue weighted by Crippen LogP contribution is -2.09. The van der Waals surface area contributed by atoms with Crippen molar-refractivity contribution in [3.8, 4) is 11.5 Å². The molecule has 19 heavy (non-hydrogen) atoms. The first-order valence-electron chi connectivity index (χ1n) is 6.10. The predicted octanol–water partition coefficient (Wildman–Crippen LogP) is 1.95. The Hall–Kier alpha value is -2.30. The third kappa shape index (κ3) is 3.58. The van der Waals surface area contributed by atoms with E-state index in [1.165, 1.54) is 0 Å². The molecule has 0 aliphatic carbocycles. The van der Waals surface area contributed by atoms with Crippen LogP contribution in [-0.4, -0.2) is 27.5 Å². The molecule has 0 fully saturated rings. The summed E-state index contributed by atoms with van der Waals surface area (Å²) in [6.07, 6.45) is 1.77. The van der Waals surface area contributed by atoms with Gasteiger partial charge in [-0.05, 0) is 32.0 Å². The van der Waals surface area contributed by atoms with Gasteiger partial charge in [0.1, 0.15) is 5.69 Å². The van der Waals surface area contributed by atoms with Crippen LogP contribution in [0.25, 0.3) is 11.5 Å². The van der Waals surface area contributed by atoms with Gasteiger partial charge in [0.2, 0.25) is 0 Å². The zero-order valence-electron chi connectivity index (χ0n) is 11.0. The van der Waals surface area contributed by atoms with Gasteiger partial charge in [0, 0.05) is 11.9 Å². The fourth-order valence-electron chi connectivity index (χ4n) is 1.65. The van der Waals surface area contributed by atoms with Crippen molar-refractivity contribution in [2.45, 2.75) is 20.3 Å². The van der Waals surface area contributed by atoms with E-state index in [1.54, 1.807) is 19.2 Å². The number of pyridine rings is 1. The van der Waals surface area contributed by atoms with Crippen molar-refractivity contribution in [3.05, 3.63) is 41.9 Å². The Labute approximate surface area is 111 Å². The van der Waals surface area contributed by atoms with Gasteiger partial charge in [-0.15, -0.1) is 0 Å². The molecule has 0 atom stereocenters. The van der Waals surface area contributed by atoms with E-state index in [-0.39, 0.29) is 12.4 Å². The molecule has 0 aliphatic rings. The highest BCUT2D eigenvalue weighted by molar-refractivity contribution is 5.72. The first-order valence-corrected chi connectivity index (χ1v) is 6.10. The standard InChI is InChI=1S/C14H15N3O2/c1-3-19-13(18)9-11-7-8-15-14(17-11)12-6-4-5-10(2)16-12/h4-8H,3,9H2,1-2H3. The van der Waals surface area contributed by atoms with Gasteiger partial charge < -0.3 is 4.74 Å². The highest BCUT2D eigenvalue weighted by Crippen LogP contribution is 2.12. The van der Waals surface area contributed by atoms with Crippen molar-refractivity contribution in [2.24, 2.45) is 0 Å². The summed E-state index contributed by atoms with van der Waals surface area (Å²) >= 11 is 0. The molecule has 0 unspecified atom stereocenters. The lowest BCUT2D eigenvalue weighted by atomic mass is 10.2. The Balaban J connectivity index is 2.22. The molecular weight excluding hydrogens is 242 g/mol. The molecule has 2 rings (SSSR count). The number of nitrogens with zero attached hydrogens (tertiary/aromatic N) is 3. The average Bonchev–Trinajstić information content (AvgIpc) is 2.39. The number of hydrogen-bond acceptors (Lipinski definition) is 5. The summed E-state index contributed by atoms with van der Waals surface area (Å²) in [6.45, 7) is 4.06. The predicted molar refractivity (Wildman–Crippen MR) is 70.3 cm³/mol. The molecule has 0 aromatic carbocycles. The maximum Gasteiger partial charge on any atom is 0.311 e. The third-order valence-corrected chi connectivity index (χ3v) is 2.46. The minimum atomic E-state index is -0.288. The first-order chi connectivity index (χ1) is 9.19. The van der Waals surface area contributed by atoms with Gasteiger partial charge in [-0.3, -0.25) is 4.79 Å². The number of aryl methyl sites for hydroxylation is 1. The number of rotatable bonds is 4.